The molecule has 12 heteroatoms. The maximum Gasteiger partial charge on any atom is 0.223 e. The number of ether oxygens (including phenoxy) is 1. The number of benzene rings is 1. The Morgan fingerprint density at radius 2 is 1.97 bits per heavy atom. The summed E-state index contributed by atoms with van der Waals surface area (Å²) in [5.74, 6) is 0.368. The third-order valence-electron chi connectivity index (χ3n) is 6.00. The van der Waals surface area contributed by atoms with Crippen molar-refractivity contribution in [2.45, 2.75) is 31.7 Å². The summed E-state index contributed by atoms with van der Waals surface area (Å²) in [5.41, 5.74) is 7.04. The highest BCUT2D eigenvalue weighted by molar-refractivity contribution is 5.93. The molecule has 0 spiro atoms. The van der Waals surface area contributed by atoms with E-state index in [0.717, 1.165) is 25.1 Å². The molecule has 34 heavy (non-hydrogen) atoms. The van der Waals surface area contributed by atoms with Gasteiger partial charge in [0.2, 0.25) is 5.95 Å². The molecule has 0 bridgehead atoms. The van der Waals surface area contributed by atoms with Gasteiger partial charge in [0, 0.05) is 37.7 Å². The summed E-state index contributed by atoms with van der Waals surface area (Å²) < 4.78 is 22.3. The molecule has 4 aromatic rings. The van der Waals surface area contributed by atoms with E-state index in [9.17, 15) is 14.6 Å². The highest BCUT2D eigenvalue weighted by Crippen LogP contribution is 2.27. The van der Waals surface area contributed by atoms with Crippen LogP contribution < -0.4 is 15.4 Å². The number of hydrogen-bond acceptors (Lipinski definition) is 9. The number of anilines is 2. The number of fused-ring (bicyclic) bond motifs is 3. The average molecular weight is 473 g/mol. The molecule has 3 heterocycles. The lowest BCUT2D eigenvalue weighted by Crippen LogP contribution is -2.38. The van der Waals surface area contributed by atoms with Crippen LogP contribution in [0.3, 0.4) is 0 Å². The van der Waals surface area contributed by atoms with E-state index in [1.54, 1.807) is 17.8 Å². The Bertz CT molecular complexity index is 1300. The number of nitrogens with zero attached hydrogens (tertiary/aromatic N) is 7. The van der Waals surface area contributed by atoms with Gasteiger partial charge >= 0.3 is 0 Å². The van der Waals surface area contributed by atoms with Gasteiger partial charge in [-0.05, 0) is 25.8 Å². The number of rotatable bonds is 10. The fourth-order valence-corrected chi connectivity index (χ4v) is 3.70. The van der Waals surface area contributed by atoms with Crippen LogP contribution in [0.15, 0.2) is 24.5 Å². The highest BCUT2D eigenvalue weighted by atomic mass is 19.1. The Morgan fingerprint density at radius 1 is 1.21 bits per heavy atom. The Balaban J connectivity index is 1.41. The van der Waals surface area contributed by atoms with Crippen LogP contribution in [0.25, 0.3) is 16.6 Å². The van der Waals surface area contributed by atoms with Crippen molar-refractivity contribution in [2.75, 3.05) is 44.5 Å². The zero-order chi connectivity index (χ0) is 24.5. The van der Waals surface area contributed by atoms with Crippen molar-refractivity contribution in [3.63, 3.8) is 0 Å². The van der Waals surface area contributed by atoms with E-state index in [2.05, 4.69) is 25.1 Å². The van der Waals surface area contributed by atoms with Crippen molar-refractivity contribution < 1.29 is 19.3 Å². The SMILES string of the molecule is COc1cc2nc(N)n3nc(CCCCN(C)c4cnn(C(C)(CO)CO)c4)nc3c2cc1F. The first kappa shape index (κ1) is 23.6. The van der Waals surface area contributed by atoms with Gasteiger partial charge in [-0.25, -0.2) is 14.4 Å². The first-order valence-electron chi connectivity index (χ1n) is 11.0. The van der Waals surface area contributed by atoms with Crippen LogP contribution in [0.4, 0.5) is 16.0 Å². The summed E-state index contributed by atoms with van der Waals surface area (Å²) in [5, 5.41) is 28.3. The van der Waals surface area contributed by atoms with Gasteiger partial charge in [0.05, 0.1) is 37.7 Å². The Morgan fingerprint density at radius 3 is 2.68 bits per heavy atom. The molecule has 0 radical (unpaired) electrons. The number of aliphatic hydroxyl groups excluding tert-OH is 2. The van der Waals surface area contributed by atoms with Gasteiger partial charge in [0.1, 0.15) is 5.54 Å². The summed E-state index contributed by atoms with van der Waals surface area (Å²) >= 11 is 0. The molecule has 0 aliphatic rings. The number of methoxy groups -OCH3 is 1. The van der Waals surface area contributed by atoms with Gasteiger partial charge in [0.25, 0.3) is 0 Å². The molecule has 182 valence electrons. The molecule has 3 aromatic heterocycles. The van der Waals surface area contributed by atoms with Crippen LogP contribution in [0.2, 0.25) is 0 Å². The van der Waals surface area contributed by atoms with Crippen LogP contribution in [-0.2, 0) is 12.0 Å². The predicted octanol–water partition coefficient (Wildman–Crippen LogP) is 1.36. The second-order valence-electron chi connectivity index (χ2n) is 8.57. The van der Waals surface area contributed by atoms with Crippen LogP contribution >= 0.6 is 0 Å². The minimum atomic E-state index is -0.844. The van der Waals surface area contributed by atoms with Crippen molar-refractivity contribution >= 4 is 28.2 Å². The molecular weight excluding hydrogens is 443 g/mol. The molecule has 0 aliphatic heterocycles. The Labute approximate surface area is 195 Å². The number of hydrogen-bond donors (Lipinski definition) is 3. The van der Waals surface area contributed by atoms with E-state index in [1.165, 1.54) is 23.8 Å². The molecule has 4 N–H and O–H groups in total. The van der Waals surface area contributed by atoms with Crippen LogP contribution in [0.1, 0.15) is 25.6 Å². The van der Waals surface area contributed by atoms with Gasteiger partial charge in [-0.2, -0.15) is 9.61 Å². The Kier molecular flexibility index (Phi) is 6.53. The van der Waals surface area contributed by atoms with Crippen LogP contribution in [0, 0.1) is 5.82 Å². The van der Waals surface area contributed by atoms with E-state index in [-0.39, 0.29) is 24.9 Å². The summed E-state index contributed by atoms with van der Waals surface area (Å²) in [6.07, 6.45) is 5.84. The zero-order valence-corrected chi connectivity index (χ0v) is 19.4. The van der Waals surface area contributed by atoms with E-state index in [0.29, 0.717) is 28.8 Å². The number of nitrogens with two attached hydrogens (primary N) is 1. The fraction of sp³-hybridized carbons (Fsp3) is 0.455. The van der Waals surface area contributed by atoms with Gasteiger partial charge in [0.15, 0.2) is 23.0 Å². The first-order valence-corrected chi connectivity index (χ1v) is 11.0. The molecule has 0 aliphatic carbocycles. The standard InChI is InChI=1S/C22H29FN8O3/c1-22(12-32,13-33)30-11-14(10-25-30)29(2)7-5-4-6-19-27-20-15-8-16(23)18(34-3)9-17(15)26-21(24)31(20)28-19/h8-11,32-33H,4-7,12-13H2,1-3H3,(H2,24,26). The number of aliphatic hydroxyl groups is 2. The van der Waals surface area contributed by atoms with Crippen LogP contribution in [-0.4, -0.2) is 73.5 Å². The van der Waals surface area contributed by atoms with Crippen molar-refractivity contribution in [3.05, 3.63) is 36.2 Å². The summed E-state index contributed by atoms with van der Waals surface area (Å²) in [4.78, 5) is 10.9. The molecule has 0 amide bonds. The molecule has 1 aromatic carbocycles. The number of halogens is 1. The highest BCUT2D eigenvalue weighted by Gasteiger charge is 2.26. The van der Waals surface area contributed by atoms with E-state index < -0.39 is 11.4 Å². The third kappa shape index (κ3) is 4.33. The second kappa shape index (κ2) is 9.39. The summed E-state index contributed by atoms with van der Waals surface area (Å²) in [6.45, 7) is 2.08. The van der Waals surface area contributed by atoms with E-state index in [1.807, 2.05) is 13.2 Å². The maximum atomic E-state index is 14.2. The zero-order valence-electron chi connectivity index (χ0n) is 19.4. The topological polar surface area (TPSA) is 140 Å². The maximum absolute atomic E-state index is 14.2. The molecule has 11 nitrogen and oxygen atoms in total. The van der Waals surface area contributed by atoms with E-state index in [4.69, 9.17) is 10.5 Å². The molecule has 0 saturated carbocycles. The van der Waals surface area contributed by atoms with Gasteiger partial charge in [-0.15, -0.1) is 5.10 Å². The molecule has 0 saturated heterocycles. The third-order valence-corrected chi connectivity index (χ3v) is 6.00. The van der Waals surface area contributed by atoms with Crippen molar-refractivity contribution in [1.29, 1.82) is 0 Å². The predicted molar refractivity (Wildman–Crippen MR) is 125 cm³/mol. The number of unbranched alkanes of at least 4 members (excludes halogenated alkanes) is 1. The lowest BCUT2D eigenvalue weighted by atomic mass is 10.1. The normalized spacial score (nSPS) is 12.1. The smallest absolute Gasteiger partial charge is 0.223 e. The van der Waals surface area contributed by atoms with Crippen molar-refractivity contribution in [2.24, 2.45) is 0 Å². The lowest BCUT2D eigenvalue weighted by Gasteiger charge is -2.25. The second-order valence-corrected chi connectivity index (χ2v) is 8.57. The van der Waals surface area contributed by atoms with Gasteiger partial charge in [-0.1, -0.05) is 0 Å². The summed E-state index contributed by atoms with van der Waals surface area (Å²) in [6, 6.07) is 2.83. The lowest BCUT2D eigenvalue weighted by molar-refractivity contribution is 0.0682. The first-order chi connectivity index (χ1) is 16.3. The average Bonchev–Trinajstić information content (AvgIpc) is 3.50. The van der Waals surface area contributed by atoms with E-state index >= 15 is 0 Å². The van der Waals surface area contributed by atoms with Crippen LogP contribution in [0.5, 0.6) is 5.75 Å². The van der Waals surface area contributed by atoms with Gasteiger partial charge in [-0.3, -0.25) is 4.68 Å². The molecule has 0 atom stereocenters. The quantitative estimate of drug-likeness (QED) is 0.292. The van der Waals surface area contributed by atoms with Crippen molar-refractivity contribution in [3.8, 4) is 5.75 Å². The molecular formula is C22H29FN8O3. The van der Waals surface area contributed by atoms with Crippen molar-refractivity contribution in [1.82, 2.24) is 29.4 Å². The molecule has 0 fully saturated rings. The Hall–Kier alpha value is -3.51. The molecule has 4 rings (SSSR count). The number of nitrogen functional groups attached to an aromatic ring is 1. The number of aryl methyl sites for hydroxylation is 1. The molecule has 0 unspecified atom stereocenters. The minimum absolute atomic E-state index is 0.0931. The fourth-order valence-electron chi connectivity index (χ4n) is 3.70. The largest absolute Gasteiger partial charge is 0.494 e. The number of aromatic nitrogens is 6. The van der Waals surface area contributed by atoms with Gasteiger partial charge < -0.3 is 25.6 Å². The minimum Gasteiger partial charge on any atom is -0.494 e. The monoisotopic (exact) mass is 472 g/mol. The summed E-state index contributed by atoms with van der Waals surface area (Å²) in [7, 11) is 3.35.